The summed E-state index contributed by atoms with van der Waals surface area (Å²) in [6.45, 7) is 8.40. The first kappa shape index (κ1) is 29.2. The van der Waals surface area contributed by atoms with Crippen LogP contribution in [0.25, 0.3) is 0 Å². The van der Waals surface area contributed by atoms with E-state index in [0.29, 0.717) is 5.56 Å². The zero-order chi connectivity index (χ0) is 27.2. The molecule has 1 aliphatic rings. The number of benzene rings is 2. The van der Waals surface area contributed by atoms with Crippen molar-refractivity contribution in [1.82, 2.24) is 10.6 Å². The topological polar surface area (TPSA) is 81.6 Å². The molecule has 0 bridgehead atoms. The Hall–Kier alpha value is -2.35. The number of carbonyl (C=O) groups excluding carboxylic acids is 1. The maximum atomic E-state index is 13.8. The summed E-state index contributed by atoms with van der Waals surface area (Å²) in [5, 5.41) is 27.6. The number of hydrogen-bond donors (Lipinski definition) is 4. The molecule has 7 heteroatoms. The molecule has 0 heterocycles. The molecule has 1 aliphatic carbocycles. The molecule has 3 rings (SSSR count). The molecule has 3 unspecified atom stereocenters. The van der Waals surface area contributed by atoms with Gasteiger partial charge in [0.2, 0.25) is 5.91 Å². The highest BCUT2D eigenvalue weighted by molar-refractivity contribution is 5.80. The number of halogens is 2. The molecule has 2 aromatic carbocycles. The second-order valence-electron chi connectivity index (χ2n) is 11.4. The van der Waals surface area contributed by atoms with Crippen LogP contribution in [-0.2, 0) is 22.2 Å². The lowest BCUT2D eigenvalue weighted by Gasteiger charge is -2.41. The van der Waals surface area contributed by atoms with E-state index in [2.05, 4.69) is 55.7 Å². The van der Waals surface area contributed by atoms with Gasteiger partial charge in [-0.05, 0) is 59.9 Å². The fourth-order valence-corrected chi connectivity index (χ4v) is 5.18. The van der Waals surface area contributed by atoms with Crippen molar-refractivity contribution in [2.24, 2.45) is 0 Å². The van der Waals surface area contributed by atoms with Gasteiger partial charge in [0.25, 0.3) is 0 Å². The van der Waals surface area contributed by atoms with Crippen molar-refractivity contribution in [2.45, 2.75) is 102 Å². The lowest BCUT2D eigenvalue weighted by atomic mass is 9.74. The first-order valence-corrected chi connectivity index (χ1v) is 13.4. The van der Waals surface area contributed by atoms with Gasteiger partial charge in [-0.2, -0.15) is 0 Å². The number of carbonyl (C=O) groups is 1. The third-order valence-corrected chi connectivity index (χ3v) is 7.50. The van der Waals surface area contributed by atoms with Crippen LogP contribution >= 0.6 is 0 Å². The summed E-state index contributed by atoms with van der Waals surface area (Å²) in [6, 6.07) is 10.9. The maximum absolute atomic E-state index is 13.8. The van der Waals surface area contributed by atoms with Crippen LogP contribution in [0, 0.1) is 11.6 Å². The molecule has 0 saturated heterocycles. The molecule has 1 amide bonds. The quantitative estimate of drug-likeness (QED) is 0.363. The van der Waals surface area contributed by atoms with E-state index in [1.54, 1.807) is 6.92 Å². The van der Waals surface area contributed by atoms with Gasteiger partial charge in [-0.25, -0.2) is 8.78 Å². The van der Waals surface area contributed by atoms with Crippen LogP contribution in [0.15, 0.2) is 42.5 Å². The lowest BCUT2D eigenvalue weighted by molar-refractivity contribution is -0.131. The van der Waals surface area contributed by atoms with Crippen LogP contribution in [0.5, 0.6) is 0 Å². The van der Waals surface area contributed by atoms with Crippen LogP contribution in [0.1, 0.15) is 82.9 Å². The van der Waals surface area contributed by atoms with E-state index in [1.165, 1.54) is 23.3 Å². The molecular formula is C30H42F2N2O3. The number of aliphatic hydroxyl groups excluding tert-OH is 2. The minimum absolute atomic E-state index is 0.00109. The Bertz CT molecular complexity index is 1030. The zero-order valence-corrected chi connectivity index (χ0v) is 22.5. The molecular weight excluding hydrogens is 474 g/mol. The minimum Gasteiger partial charge on any atom is -0.390 e. The van der Waals surface area contributed by atoms with Crippen molar-refractivity contribution in [1.29, 1.82) is 0 Å². The largest absolute Gasteiger partial charge is 0.390 e. The highest BCUT2D eigenvalue weighted by atomic mass is 19.1. The minimum atomic E-state index is -1.23. The highest BCUT2D eigenvalue weighted by Crippen LogP contribution is 2.38. The summed E-state index contributed by atoms with van der Waals surface area (Å²) < 4.78 is 27.7. The summed E-state index contributed by atoms with van der Waals surface area (Å²) in [4.78, 5) is 12.5. The van der Waals surface area contributed by atoms with E-state index in [4.69, 9.17) is 0 Å². The predicted octanol–water partition coefficient (Wildman–Crippen LogP) is 4.87. The fourth-order valence-electron chi connectivity index (χ4n) is 5.18. The van der Waals surface area contributed by atoms with Crippen molar-refractivity contribution < 1.29 is 23.8 Å². The van der Waals surface area contributed by atoms with Crippen LogP contribution in [0.2, 0.25) is 0 Å². The first-order valence-electron chi connectivity index (χ1n) is 13.4. The second kappa shape index (κ2) is 12.5. The Labute approximate surface area is 219 Å². The molecule has 0 radical (unpaired) electrons. The standard InChI is InChI=1S/C30H42F2N2O3/c1-5-26(35)28(37)34-25(16-20-14-23(31)18-24(32)15-20)27(36)19-33-30(12-7-6-8-13-30)22-11-9-10-21(17-22)29(2,3)4/h9-11,14-15,17-18,25-27,33,35-36H,5-8,12-13,16,19H2,1-4H3,(H,34,37). The van der Waals surface area contributed by atoms with Crippen molar-refractivity contribution >= 4 is 5.91 Å². The zero-order valence-electron chi connectivity index (χ0n) is 22.5. The van der Waals surface area contributed by atoms with Crippen molar-refractivity contribution in [3.05, 3.63) is 70.8 Å². The van der Waals surface area contributed by atoms with Gasteiger partial charge in [-0.15, -0.1) is 0 Å². The van der Waals surface area contributed by atoms with E-state index in [1.807, 2.05) is 0 Å². The molecule has 4 N–H and O–H groups in total. The summed E-state index contributed by atoms with van der Waals surface area (Å²) in [7, 11) is 0. The van der Waals surface area contributed by atoms with E-state index >= 15 is 0 Å². The van der Waals surface area contributed by atoms with E-state index < -0.39 is 35.8 Å². The summed E-state index contributed by atoms with van der Waals surface area (Å²) >= 11 is 0. The molecule has 3 atom stereocenters. The van der Waals surface area contributed by atoms with E-state index in [-0.39, 0.29) is 30.3 Å². The van der Waals surface area contributed by atoms with Crippen LogP contribution in [0.4, 0.5) is 8.78 Å². The molecule has 204 valence electrons. The normalized spacial score (nSPS) is 18.2. The van der Waals surface area contributed by atoms with Gasteiger partial charge in [-0.3, -0.25) is 4.79 Å². The third-order valence-electron chi connectivity index (χ3n) is 7.50. The number of amides is 1. The molecule has 0 aliphatic heterocycles. The van der Waals surface area contributed by atoms with E-state index in [9.17, 15) is 23.8 Å². The Kier molecular flexibility index (Phi) is 9.84. The Morgan fingerprint density at radius 1 is 1.03 bits per heavy atom. The van der Waals surface area contributed by atoms with Crippen molar-refractivity contribution in [3.63, 3.8) is 0 Å². The summed E-state index contributed by atoms with van der Waals surface area (Å²) in [6.07, 6.45) is 3.09. The fraction of sp³-hybridized carbons (Fsp3) is 0.567. The Balaban J connectivity index is 1.84. The number of hydrogen-bond acceptors (Lipinski definition) is 4. The summed E-state index contributed by atoms with van der Waals surface area (Å²) in [5.41, 5.74) is 2.42. The Morgan fingerprint density at radius 3 is 2.27 bits per heavy atom. The predicted molar refractivity (Wildman–Crippen MR) is 142 cm³/mol. The molecule has 5 nitrogen and oxygen atoms in total. The van der Waals surface area contributed by atoms with E-state index in [0.717, 1.165) is 38.2 Å². The Morgan fingerprint density at radius 2 is 1.68 bits per heavy atom. The summed E-state index contributed by atoms with van der Waals surface area (Å²) in [5.74, 6) is -2.06. The van der Waals surface area contributed by atoms with Crippen LogP contribution in [0.3, 0.4) is 0 Å². The van der Waals surface area contributed by atoms with Gasteiger partial charge in [-0.1, -0.05) is 71.2 Å². The third kappa shape index (κ3) is 7.82. The monoisotopic (exact) mass is 516 g/mol. The molecule has 2 aromatic rings. The number of aliphatic hydroxyl groups is 2. The van der Waals surface area contributed by atoms with Gasteiger partial charge < -0.3 is 20.8 Å². The van der Waals surface area contributed by atoms with Gasteiger partial charge >= 0.3 is 0 Å². The molecule has 1 fully saturated rings. The highest BCUT2D eigenvalue weighted by Gasteiger charge is 2.36. The first-order chi connectivity index (χ1) is 17.4. The van der Waals surface area contributed by atoms with Gasteiger partial charge in [0, 0.05) is 18.2 Å². The number of rotatable bonds is 10. The SMILES string of the molecule is CCC(O)C(=O)NC(Cc1cc(F)cc(F)c1)C(O)CNC1(c2cccc(C(C)(C)C)c2)CCCCC1. The average Bonchev–Trinajstić information content (AvgIpc) is 2.86. The number of nitrogens with one attached hydrogen (secondary N) is 2. The van der Waals surface area contributed by atoms with Gasteiger partial charge in [0.1, 0.15) is 17.7 Å². The molecule has 0 aromatic heterocycles. The molecule has 37 heavy (non-hydrogen) atoms. The van der Waals surface area contributed by atoms with Crippen molar-refractivity contribution in [3.8, 4) is 0 Å². The maximum Gasteiger partial charge on any atom is 0.249 e. The van der Waals surface area contributed by atoms with Crippen molar-refractivity contribution in [2.75, 3.05) is 6.54 Å². The molecule has 0 spiro atoms. The van der Waals surface area contributed by atoms with Crippen LogP contribution < -0.4 is 10.6 Å². The van der Waals surface area contributed by atoms with Crippen LogP contribution in [-0.4, -0.2) is 40.9 Å². The van der Waals surface area contributed by atoms with Gasteiger partial charge in [0.05, 0.1) is 12.1 Å². The lowest BCUT2D eigenvalue weighted by Crippen LogP contribution is -2.54. The van der Waals surface area contributed by atoms with Gasteiger partial charge in [0.15, 0.2) is 0 Å². The average molecular weight is 517 g/mol. The smallest absolute Gasteiger partial charge is 0.249 e. The molecule has 1 saturated carbocycles. The second-order valence-corrected chi connectivity index (χ2v) is 11.4.